The summed E-state index contributed by atoms with van der Waals surface area (Å²) in [5, 5.41) is 13.6. The Labute approximate surface area is 201 Å². The van der Waals surface area contributed by atoms with Gasteiger partial charge in [0.05, 0.1) is 21.0 Å². The van der Waals surface area contributed by atoms with Crippen LogP contribution in [0.4, 0.5) is 13.2 Å². The van der Waals surface area contributed by atoms with Gasteiger partial charge in [0.2, 0.25) is 5.82 Å². The van der Waals surface area contributed by atoms with Crippen LogP contribution in [0.2, 0.25) is 10.0 Å². The summed E-state index contributed by atoms with van der Waals surface area (Å²) in [5.74, 6) is -1.52. The zero-order valence-corrected chi connectivity index (χ0v) is 19.2. The van der Waals surface area contributed by atoms with Crippen LogP contribution in [0.5, 0.6) is 0 Å². The van der Waals surface area contributed by atoms with E-state index in [1.54, 1.807) is 6.07 Å². The number of fused-ring (bicyclic) bond motifs is 1. The number of aliphatic carboxylic acids is 1. The second kappa shape index (κ2) is 7.71. The Morgan fingerprint density at radius 3 is 2.61 bits per heavy atom. The Bertz CT molecular complexity index is 1440. The quantitative estimate of drug-likeness (QED) is 0.313. The number of carbonyl (C=O) groups is 1. The number of benzene rings is 1. The summed E-state index contributed by atoms with van der Waals surface area (Å²) >= 11 is 15.8. The molecule has 0 saturated heterocycles. The Morgan fingerprint density at radius 1 is 1.18 bits per heavy atom. The third kappa shape index (κ3) is 3.98. The largest absolute Gasteiger partial charge is 0.481 e. The van der Waals surface area contributed by atoms with Crippen molar-refractivity contribution in [3.05, 3.63) is 56.2 Å². The van der Waals surface area contributed by atoms with Gasteiger partial charge in [-0.05, 0) is 52.0 Å². The van der Waals surface area contributed by atoms with E-state index in [1.165, 1.54) is 16.7 Å². The topological polar surface area (TPSA) is 93.5 Å². The number of nitrogens with zero attached hydrogens (tertiary/aromatic N) is 4. The highest BCUT2D eigenvalue weighted by molar-refractivity contribution is 9.10. The highest BCUT2D eigenvalue weighted by atomic mass is 79.9. The van der Waals surface area contributed by atoms with Crippen molar-refractivity contribution in [1.82, 2.24) is 19.5 Å². The van der Waals surface area contributed by atoms with Crippen molar-refractivity contribution in [2.24, 2.45) is 5.92 Å². The van der Waals surface area contributed by atoms with Gasteiger partial charge in [0.25, 0.3) is 5.89 Å². The summed E-state index contributed by atoms with van der Waals surface area (Å²) in [6.07, 6.45) is -1.79. The second-order valence-corrected chi connectivity index (χ2v) is 9.16. The maximum atomic E-state index is 13.1. The first-order chi connectivity index (χ1) is 15.5. The molecule has 5 rings (SSSR count). The van der Waals surface area contributed by atoms with Crippen LogP contribution in [-0.2, 0) is 11.0 Å². The lowest BCUT2D eigenvalue weighted by molar-refractivity contribution is -0.139. The molecule has 13 heteroatoms. The number of aromatic nitrogens is 4. The molecule has 1 aliphatic rings. The summed E-state index contributed by atoms with van der Waals surface area (Å²) in [6, 6.07) is 4.05. The molecule has 1 aliphatic carbocycles. The van der Waals surface area contributed by atoms with Gasteiger partial charge in [0, 0.05) is 23.0 Å². The molecule has 3 aromatic heterocycles. The molecule has 33 heavy (non-hydrogen) atoms. The molecular weight excluding hydrogens is 552 g/mol. The lowest BCUT2D eigenvalue weighted by Crippen LogP contribution is -2.06. The standard InChI is InChI=1S/C20H10BrCl2F3N4O3/c21-12-1-7(20(24,25)26)5-30-6-15(27-17(12)30)18-28-16(29-33-18)11-4-13(22)9(3-14(11)23)8-2-10(8)19(31)32/h1,3-6,8,10H,2H2,(H,31,32). The molecule has 170 valence electrons. The fourth-order valence-corrected chi connectivity index (χ4v) is 4.68. The van der Waals surface area contributed by atoms with Gasteiger partial charge in [-0.2, -0.15) is 18.2 Å². The molecule has 2 unspecified atom stereocenters. The van der Waals surface area contributed by atoms with Crippen molar-refractivity contribution in [3.8, 4) is 23.0 Å². The van der Waals surface area contributed by atoms with Crippen molar-refractivity contribution in [1.29, 1.82) is 0 Å². The number of rotatable bonds is 4. The number of imidazole rings is 1. The third-order valence-corrected chi connectivity index (χ3v) is 6.54. The normalized spacial score (nSPS) is 18.1. The number of pyridine rings is 1. The van der Waals surface area contributed by atoms with Gasteiger partial charge in [-0.25, -0.2) is 4.98 Å². The number of hydrogen-bond donors (Lipinski definition) is 1. The second-order valence-electron chi connectivity index (χ2n) is 7.50. The van der Waals surface area contributed by atoms with Crippen LogP contribution in [0.15, 0.2) is 39.6 Å². The summed E-state index contributed by atoms with van der Waals surface area (Å²) < 4.78 is 45.9. The van der Waals surface area contributed by atoms with Crippen molar-refractivity contribution in [2.45, 2.75) is 18.5 Å². The van der Waals surface area contributed by atoms with Crippen LogP contribution in [0, 0.1) is 5.92 Å². The molecule has 0 radical (unpaired) electrons. The zero-order valence-electron chi connectivity index (χ0n) is 16.1. The molecule has 3 heterocycles. The van der Waals surface area contributed by atoms with Crippen molar-refractivity contribution >= 4 is 50.7 Å². The van der Waals surface area contributed by atoms with E-state index in [4.69, 9.17) is 32.8 Å². The first-order valence-electron chi connectivity index (χ1n) is 9.34. The van der Waals surface area contributed by atoms with Gasteiger partial charge in [-0.3, -0.25) is 4.79 Å². The molecule has 0 bridgehead atoms. The summed E-state index contributed by atoms with van der Waals surface area (Å²) in [6.45, 7) is 0. The summed E-state index contributed by atoms with van der Waals surface area (Å²) in [5.41, 5.74) is 0.541. The maximum Gasteiger partial charge on any atom is 0.417 e. The minimum absolute atomic E-state index is 0.0291. The molecule has 1 saturated carbocycles. The molecule has 4 aromatic rings. The summed E-state index contributed by atoms with van der Waals surface area (Å²) in [7, 11) is 0. The van der Waals surface area contributed by atoms with Gasteiger partial charge in [0.1, 0.15) is 5.69 Å². The van der Waals surface area contributed by atoms with E-state index in [2.05, 4.69) is 31.1 Å². The Balaban J connectivity index is 1.49. The molecule has 0 spiro atoms. The third-order valence-electron chi connectivity index (χ3n) is 5.31. The van der Waals surface area contributed by atoms with Crippen LogP contribution in [0.25, 0.3) is 28.6 Å². The number of carboxylic acid groups (broad SMARTS) is 1. The van der Waals surface area contributed by atoms with E-state index >= 15 is 0 Å². The first-order valence-corrected chi connectivity index (χ1v) is 10.9. The highest BCUT2D eigenvalue weighted by Crippen LogP contribution is 2.51. The van der Waals surface area contributed by atoms with Crippen LogP contribution in [0.3, 0.4) is 0 Å². The number of halogens is 6. The van der Waals surface area contributed by atoms with Crippen LogP contribution in [0.1, 0.15) is 23.5 Å². The minimum Gasteiger partial charge on any atom is -0.481 e. The van der Waals surface area contributed by atoms with Crippen molar-refractivity contribution in [3.63, 3.8) is 0 Å². The van der Waals surface area contributed by atoms with E-state index in [-0.39, 0.29) is 38.5 Å². The molecule has 0 amide bonds. The maximum absolute atomic E-state index is 13.1. The first kappa shape index (κ1) is 22.2. The molecular formula is C20H10BrCl2F3N4O3. The Hall–Kier alpha value is -2.63. The van der Waals surface area contributed by atoms with Gasteiger partial charge >= 0.3 is 12.1 Å². The summed E-state index contributed by atoms with van der Waals surface area (Å²) in [4.78, 5) is 19.7. The van der Waals surface area contributed by atoms with Gasteiger partial charge in [-0.1, -0.05) is 28.4 Å². The predicted octanol–water partition coefficient (Wildman–Crippen LogP) is 6.33. The van der Waals surface area contributed by atoms with Crippen LogP contribution >= 0.6 is 39.1 Å². The lowest BCUT2D eigenvalue weighted by atomic mass is 10.1. The fourth-order valence-electron chi connectivity index (χ4n) is 3.58. The van der Waals surface area contributed by atoms with Gasteiger partial charge < -0.3 is 14.0 Å². The average molecular weight is 562 g/mol. The Kier molecular flexibility index (Phi) is 5.18. The zero-order chi connectivity index (χ0) is 23.7. The molecule has 1 aromatic carbocycles. The van der Waals surface area contributed by atoms with E-state index in [0.717, 1.165) is 12.3 Å². The predicted molar refractivity (Wildman–Crippen MR) is 115 cm³/mol. The van der Waals surface area contributed by atoms with Crippen molar-refractivity contribution < 1.29 is 27.6 Å². The van der Waals surface area contributed by atoms with E-state index < -0.39 is 23.6 Å². The van der Waals surface area contributed by atoms with E-state index in [0.29, 0.717) is 22.6 Å². The molecule has 1 fully saturated rings. The smallest absolute Gasteiger partial charge is 0.417 e. The van der Waals surface area contributed by atoms with Crippen molar-refractivity contribution in [2.75, 3.05) is 0 Å². The minimum atomic E-state index is -4.52. The number of alkyl halides is 3. The highest BCUT2D eigenvalue weighted by Gasteiger charge is 2.45. The molecule has 7 nitrogen and oxygen atoms in total. The number of carboxylic acids is 1. The van der Waals surface area contributed by atoms with Crippen LogP contribution < -0.4 is 0 Å². The SMILES string of the molecule is O=C(O)C1CC1c1cc(Cl)c(-c2noc(-c3cn4cc(C(F)(F)F)cc(Br)c4n3)n2)cc1Cl. The molecule has 0 aliphatic heterocycles. The monoisotopic (exact) mass is 560 g/mol. The molecule has 1 N–H and O–H groups in total. The lowest BCUT2D eigenvalue weighted by Gasteiger charge is -2.07. The van der Waals surface area contributed by atoms with Gasteiger partial charge in [-0.15, -0.1) is 0 Å². The number of hydrogen-bond acceptors (Lipinski definition) is 5. The Morgan fingerprint density at radius 2 is 1.94 bits per heavy atom. The van der Waals surface area contributed by atoms with E-state index in [1.807, 2.05) is 0 Å². The van der Waals surface area contributed by atoms with Gasteiger partial charge in [0.15, 0.2) is 5.65 Å². The van der Waals surface area contributed by atoms with E-state index in [9.17, 15) is 18.0 Å². The average Bonchev–Trinajstić information content (AvgIpc) is 3.16. The molecule has 2 atom stereocenters. The van der Waals surface area contributed by atoms with Crippen LogP contribution in [-0.4, -0.2) is 30.6 Å². The fraction of sp³-hybridized carbons (Fsp3) is 0.200.